The molecule has 3 aromatic rings. The molecule has 0 unspecified atom stereocenters. The number of imidazole rings is 1. The Morgan fingerprint density at radius 2 is 1.63 bits per heavy atom. The Labute approximate surface area is 158 Å². The second kappa shape index (κ2) is 8.58. The normalized spacial score (nSPS) is 10.9. The van der Waals surface area contributed by atoms with Crippen LogP contribution >= 0.6 is 0 Å². The van der Waals surface area contributed by atoms with Crippen molar-refractivity contribution < 1.29 is 9.53 Å². The van der Waals surface area contributed by atoms with Crippen molar-refractivity contribution in [2.45, 2.75) is 39.4 Å². The average molecular weight is 367 g/mol. The van der Waals surface area contributed by atoms with Gasteiger partial charge in [-0.05, 0) is 36.2 Å². The summed E-state index contributed by atoms with van der Waals surface area (Å²) in [5.41, 5.74) is 2.74. The molecule has 2 aromatic carbocycles. The fourth-order valence-electron chi connectivity index (χ4n) is 3.17. The van der Waals surface area contributed by atoms with Crippen LogP contribution in [-0.2, 0) is 24.4 Å². The Kier molecular flexibility index (Phi) is 5.96. The summed E-state index contributed by atoms with van der Waals surface area (Å²) < 4.78 is 8.60. The Morgan fingerprint density at radius 1 is 1.00 bits per heavy atom. The van der Waals surface area contributed by atoms with Gasteiger partial charge < -0.3 is 10.1 Å². The van der Waals surface area contributed by atoms with Crippen molar-refractivity contribution in [1.82, 2.24) is 14.5 Å². The quantitative estimate of drug-likeness (QED) is 0.666. The number of nitrogens with one attached hydrogen (secondary N) is 1. The van der Waals surface area contributed by atoms with E-state index >= 15 is 0 Å². The van der Waals surface area contributed by atoms with Crippen molar-refractivity contribution in [3.8, 4) is 5.75 Å². The molecule has 6 nitrogen and oxygen atoms in total. The van der Waals surface area contributed by atoms with Crippen LogP contribution in [0, 0.1) is 0 Å². The van der Waals surface area contributed by atoms with Crippen LogP contribution in [0.25, 0.3) is 11.0 Å². The minimum atomic E-state index is -0.0787. The molecule has 0 fully saturated rings. The van der Waals surface area contributed by atoms with Crippen LogP contribution < -0.4 is 15.7 Å². The fourth-order valence-corrected chi connectivity index (χ4v) is 3.17. The number of fused-ring (bicyclic) bond motifs is 1. The van der Waals surface area contributed by atoms with Crippen molar-refractivity contribution in [2.24, 2.45) is 0 Å². The van der Waals surface area contributed by atoms with Gasteiger partial charge in [0.15, 0.2) is 0 Å². The van der Waals surface area contributed by atoms with E-state index in [4.69, 9.17) is 4.74 Å². The molecule has 0 atom stereocenters. The zero-order valence-corrected chi connectivity index (χ0v) is 15.8. The van der Waals surface area contributed by atoms with Crippen LogP contribution in [-0.4, -0.2) is 22.2 Å². The maximum atomic E-state index is 12.7. The first-order chi connectivity index (χ1) is 13.1. The van der Waals surface area contributed by atoms with Crippen LogP contribution in [0.4, 0.5) is 0 Å². The lowest BCUT2D eigenvalue weighted by Gasteiger charge is -2.07. The number of hydrogen-bond acceptors (Lipinski definition) is 3. The third-order valence-electron chi connectivity index (χ3n) is 4.58. The largest absolute Gasteiger partial charge is 0.497 e. The molecule has 6 heteroatoms. The van der Waals surface area contributed by atoms with Gasteiger partial charge in [-0.3, -0.25) is 13.9 Å². The molecule has 27 heavy (non-hydrogen) atoms. The van der Waals surface area contributed by atoms with Gasteiger partial charge in [0.25, 0.3) is 0 Å². The smallest absolute Gasteiger partial charge is 0.329 e. The molecule has 0 saturated carbocycles. The molecule has 0 aliphatic heterocycles. The van der Waals surface area contributed by atoms with Gasteiger partial charge in [0.2, 0.25) is 5.91 Å². The second-order valence-corrected chi connectivity index (χ2v) is 6.45. The summed E-state index contributed by atoms with van der Waals surface area (Å²) >= 11 is 0. The zero-order chi connectivity index (χ0) is 19.2. The number of hydrogen-bond donors (Lipinski definition) is 1. The van der Waals surface area contributed by atoms with Crippen molar-refractivity contribution >= 4 is 16.9 Å². The molecule has 1 aromatic heterocycles. The standard InChI is InChI=1S/C21H25N3O3/c1-3-13-23-18-6-4-5-7-19(18)24(21(23)26)14-12-20(25)22-15-16-8-10-17(27-2)11-9-16/h4-11H,3,12-15H2,1-2H3,(H,22,25). The Balaban J connectivity index is 1.64. The molecule has 0 aliphatic rings. The number of para-hydroxylation sites is 2. The lowest BCUT2D eigenvalue weighted by atomic mass is 10.2. The van der Waals surface area contributed by atoms with E-state index in [9.17, 15) is 9.59 Å². The van der Waals surface area contributed by atoms with Gasteiger partial charge in [-0.25, -0.2) is 4.79 Å². The summed E-state index contributed by atoms with van der Waals surface area (Å²) in [7, 11) is 1.62. The van der Waals surface area contributed by atoms with E-state index in [1.807, 2.05) is 55.5 Å². The van der Waals surface area contributed by atoms with Crippen molar-refractivity contribution in [3.05, 3.63) is 64.6 Å². The summed E-state index contributed by atoms with van der Waals surface area (Å²) in [4.78, 5) is 24.9. The minimum absolute atomic E-state index is 0.0546. The molecular weight excluding hydrogens is 342 g/mol. The first-order valence-electron chi connectivity index (χ1n) is 9.21. The fraction of sp³-hybridized carbons (Fsp3) is 0.333. The summed E-state index contributed by atoms with van der Waals surface area (Å²) in [6.07, 6.45) is 1.15. The Bertz CT molecular complexity index is 970. The first-order valence-corrected chi connectivity index (χ1v) is 9.21. The number of carbonyl (C=O) groups is 1. The monoisotopic (exact) mass is 367 g/mol. The number of ether oxygens (including phenoxy) is 1. The van der Waals surface area contributed by atoms with E-state index in [2.05, 4.69) is 5.32 Å². The SMILES string of the molecule is CCCn1c(=O)n(CCC(=O)NCc2ccc(OC)cc2)c2ccccc21. The molecule has 0 radical (unpaired) electrons. The number of aromatic nitrogens is 2. The summed E-state index contributed by atoms with van der Waals surface area (Å²) in [5, 5.41) is 2.90. The number of aryl methyl sites for hydroxylation is 2. The second-order valence-electron chi connectivity index (χ2n) is 6.45. The third kappa shape index (κ3) is 4.22. The topological polar surface area (TPSA) is 65.3 Å². The molecular formula is C21H25N3O3. The number of nitrogens with zero attached hydrogens (tertiary/aromatic N) is 2. The number of benzene rings is 2. The Hall–Kier alpha value is -3.02. The van der Waals surface area contributed by atoms with Crippen LogP contribution in [0.15, 0.2) is 53.3 Å². The predicted molar refractivity (Wildman–Crippen MR) is 106 cm³/mol. The van der Waals surface area contributed by atoms with Crippen LogP contribution in [0.2, 0.25) is 0 Å². The number of amides is 1. The van der Waals surface area contributed by atoms with Crippen molar-refractivity contribution in [2.75, 3.05) is 7.11 Å². The summed E-state index contributed by atoms with van der Waals surface area (Å²) in [5.74, 6) is 0.706. The van der Waals surface area contributed by atoms with Gasteiger partial charge in [-0.1, -0.05) is 31.2 Å². The highest BCUT2D eigenvalue weighted by Gasteiger charge is 2.13. The van der Waals surface area contributed by atoms with Gasteiger partial charge in [0.1, 0.15) is 5.75 Å². The lowest BCUT2D eigenvalue weighted by molar-refractivity contribution is -0.121. The van der Waals surface area contributed by atoms with Gasteiger partial charge in [0, 0.05) is 26.1 Å². The highest BCUT2D eigenvalue weighted by molar-refractivity contribution is 5.78. The number of rotatable bonds is 8. The lowest BCUT2D eigenvalue weighted by Crippen LogP contribution is -2.28. The highest BCUT2D eigenvalue weighted by atomic mass is 16.5. The van der Waals surface area contributed by atoms with Gasteiger partial charge in [-0.15, -0.1) is 0 Å². The van der Waals surface area contributed by atoms with E-state index < -0.39 is 0 Å². The summed E-state index contributed by atoms with van der Waals surface area (Å²) in [6.45, 7) is 3.54. The Morgan fingerprint density at radius 3 is 2.22 bits per heavy atom. The highest BCUT2D eigenvalue weighted by Crippen LogP contribution is 2.14. The van der Waals surface area contributed by atoms with Crippen molar-refractivity contribution in [1.29, 1.82) is 0 Å². The molecule has 1 heterocycles. The maximum Gasteiger partial charge on any atom is 0.329 e. The van der Waals surface area contributed by atoms with Gasteiger partial charge in [0.05, 0.1) is 18.1 Å². The molecule has 142 valence electrons. The molecule has 1 amide bonds. The predicted octanol–water partition coefficient (Wildman–Crippen LogP) is 2.93. The number of carbonyl (C=O) groups excluding carboxylic acids is 1. The van der Waals surface area contributed by atoms with E-state index in [1.165, 1.54) is 0 Å². The molecule has 1 N–H and O–H groups in total. The van der Waals surface area contributed by atoms with Crippen LogP contribution in [0.5, 0.6) is 5.75 Å². The first kappa shape index (κ1) is 18.8. The maximum absolute atomic E-state index is 12.7. The van der Waals surface area contributed by atoms with Gasteiger partial charge >= 0.3 is 5.69 Å². The minimum Gasteiger partial charge on any atom is -0.497 e. The third-order valence-corrected chi connectivity index (χ3v) is 4.58. The van der Waals surface area contributed by atoms with Gasteiger partial charge in [-0.2, -0.15) is 0 Å². The molecule has 3 rings (SSSR count). The molecule has 0 aliphatic carbocycles. The average Bonchev–Trinajstić information content (AvgIpc) is 2.97. The van der Waals surface area contributed by atoms with E-state index in [-0.39, 0.29) is 18.0 Å². The molecule has 0 saturated heterocycles. The van der Waals surface area contributed by atoms with Crippen molar-refractivity contribution in [3.63, 3.8) is 0 Å². The van der Waals surface area contributed by atoms with E-state index in [0.29, 0.717) is 19.6 Å². The zero-order valence-electron chi connectivity index (χ0n) is 15.8. The van der Waals surface area contributed by atoms with Crippen LogP contribution in [0.1, 0.15) is 25.3 Å². The number of methoxy groups -OCH3 is 1. The molecule has 0 bridgehead atoms. The summed E-state index contributed by atoms with van der Waals surface area (Å²) in [6, 6.07) is 15.3. The van der Waals surface area contributed by atoms with Crippen LogP contribution in [0.3, 0.4) is 0 Å². The molecule has 0 spiro atoms. The van der Waals surface area contributed by atoms with E-state index in [1.54, 1.807) is 16.2 Å². The van der Waals surface area contributed by atoms with E-state index in [0.717, 1.165) is 28.8 Å².